The fraction of sp³-hybridized carbons (Fsp3) is 0.500. The number of rotatable bonds is 3. The highest BCUT2D eigenvalue weighted by Gasteiger charge is 2.19. The highest BCUT2D eigenvalue weighted by Crippen LogP contribution is 2.24. The third kappa shape index (κ3) is 2.91. The normalized spacial score (nSPS) is 20.3. The van der Waals surface area contributed by atoms with Crippen molar-refractivity contribution in [3.8, 4) is 0 Å². The number of nitrogens with two attached hydrogens (primary N) is 1. The van der Waals surface area contributed by atoms with Gasteiger partial charge in [-0.2, -0.15) is 11.8 Å². The predicted molar refractivity (Wildman–Crippen MR) is 74.0 cm³/mol. The van der Waals surface area contributed by atoms with Gasteiger partial charge in [-0.25, -0.2) is 4.98 Å². The Labute approximate surface area is 106 Å². The first kappa shape index (κ1) is 12.2. The second kappa shape index (κ2) is 5.40. The lowest BCUT2D eigenvalue weighted by Gasteiger charge is -2.32. The first-order valence-corrected chi connectivity index (χ1v) is 6.92. The summed E-state index contributed by atoms with van der Waals surface area (Å²) in [5.74, 6) is 2.23. The van der Waals surface area contributed by atoms with Crippen LogP contribution in [0.1, 0.15) is 18.9 Å². The molecule has 1 aliphatic rings. The number of amidine groups is 1. The van der Waals surface area contributed by atoms with E-state index in [9.17, 15) is 0 Å². The van der Waals surface area contributed by atoms with Crippen molar-refractivity contribution in [1.29, 1.82) is 5.41 Å². The summed E-state index contributed by atoms with van der Waals surface area (Å²) >= 11 is 2.05. The zero-order valence-electron chi connectivity index (χ0n) is 10.0. The van der Waals surface area contributed by atoms with E-state index in [0.717, 1.165) is 24.7 Å². The first-order valence-electron chi connectivity index (χ1n) is 5.87. The minimum absolute atomic E-state index is 0.0738. The van der Waals surface area contributed by atoms with Crippen molar-refractivity contribution in [2.45, 2.75) is 18.6 Å². The van der Waals surface area contributed by atoms with E-state index in [1.807, 2.05) is 23.9 Å². The Bertz CT molecular complexity index is 390. The van der Waals surface area contributed by atoms with Crippen LogP contribution in [0.15, 0.2) is 18.3 Å². The van der Waals surface area contributed by atoms with E-state index >= 15 is 0 Å². The molecule has 3 N–H and O–H groups in total. The molecule has 0 aromatic carbocycles. The van der Waals surface area contributed by atoms with Crippen LogP contribution in [-0.2, 0) is 0 Å². The number of anilines is 1. The Morgan fingerprint density at radius 3 is 3.06 bits per heavy atom. The van der Waals surface area contributed by atoms with Gasteiger partial charge in [0.1, 0.15) is 11.7 Å². The molecule has 1 atom stereocenters. The number of hydrogen-bond donors (Lipinski definition) is 2. The standard InChI is InChI=1S/C12H18N4S/c1-2-10-8-16(5-6-17-10)11-4-3-9(7-15-11)12(13)14/h3-4,7,10H,2,5-6,8H2,1H3,(H3,13,14). The maximum atomic E-state index is 7.33. The van der Waals surface area contributed by atoms with Gasteiger partial charge in [-0.15, -0.1) is 0 Å². The second-order valence-corrected chi connectivity index (χ2v) is 5.57. The molecule has 0 amide bonds. The van der Waals surface area contributed by atoms with E-state index in [1.54, 1.807) is 6.20 Å². The minimum atomic E-state index is 0.0738. The molecule has 2 heterocycles. The van der Waals surface area contributed by atoms with Gasteiger partial charge in [0.2, 0.25) is 0 Å². The molecule has 0 aliphatic carbocycles. The van der Waals surface area contributed by atoms with E-state index in [4.69, 9.17) is 11.1 Å². The van der Waals surface area contributed by atoms with Gasteiger partial charge in [0.25, 0.3) is 0 Å². The third-order valence-corrected chi connectivity index (χ3v) is 4.35. The maximum Gasteiger partial charge on any atom is 0.128 e. The van der Waals surface area contributed by atoms with Crippen molar-refractivity contribution in [3.63, 3.8) is 0 Å². The Hall–Kier alpha value is -1.23. The van der Waals surface area contributed by atoms with Crippen LogP contribution in [-0.4, -0.2) is 34.9 Å². The summed E-state index contributed by atoms with van der Waals surface area (Å²) < 4.78 is 0. The molecule has 17 heavy (non-hydrogen) atoms. The van der Waals surface area contributed by atoms with Gasteiger partial charge >= 0.3 is 0 Å². The van der Waals surface area contributed by atoms with Crippen LogP contribution < -0.4 is 10.6 Å². The molecule has 1 aromatic rings. The summed E-state index contributed by atoms with van der Waals surface area (Å²) in [6.07, 6.45) is 2.88. The molecule has 4 nitrogen and oxygen atoms in total. The van der Waals surface area contributed by atoms with Crippen molar-refractivity contribution in [2.24, 2.45) is 5.73 Å². The second-order valence-electron chi connectivity index (χ2n) is 4.17. The van der Waals surface area contributed by atoms with E-state index in [-0.39, 0.29) is 5.84 Å². The molecule has 1 unspecified atom stereocenters. The molecular weight excluding hydrogens is 232 g/mol. The van der Waals surface area contributed by atoms with Crippen LogP contribution in [0.5, 0.6) is 0 Å². The number of nitrogens with one attached hydrogen (secondary N) is 1. The molecule has 0 spiro atoms. The summed E-state index contributed by atoms with van der Waals surface area (Å²) in [5, 5.41) is 8.04. The average Bonchev–Trinajstić information content (AvgIpc) is 2.39. The molecule has 0 bridgehead atoms. The Morgan fingerprint density at radius 2 is 2.47 bits per heavy atom. The van der Waals surface area contributed by atoms with Gasteiger partial charge in [-0.1, -0.05) is 6.92 Å². The molecule has 1 saturated heterocycles. The van der Waals surface area contributed by atoms with Gasteiger partial charge in [-0.3, -0.25) is 5.41 Å². The third-order valence-electron chi connectivity index (χ3n) is 2.98. The van der Waals surface area contributed by atoms with E-state index in [0.29, 0.717) is 10.8 Å². The lowest BCUT2D eigenvalue weighted by Crippen LogP contribution is -2.38. The fourth-order valence-electron chi connectivity index (χ4n) is 1.91. The van der Waals surface area contributed by atoms with Crippen molar-refractivity contribution >= 4 is 23.4 Å². The van der Waals surface area contributed by atoms with Gasteiger partial charge in [0.15, 0.2) is 0 Å². The number of hydrogen-bond acceptors (Lipinski definition) is 4. The van der Waals surface area contributed by atoms with Crippen LogP contribution in [0.25, 0.3) is 0 Å². The molecule has 1 fully saturated rings. The summed E-state index contributed by atoms with van der Waals surface area (Å²) in [4.78, 5) is 6.70. The summed E-state index contributed by atoms with van der Waals surface area (Å²) in [7, 11) is 0. The molecule has 0 saturated carbocycles. The highest BCUT2D eigenvalue weighted by molar-refractivity contribution is 8.00. The number of thioether (sulfide) groups is 1. The van der Waals surface area contributed by atoms with Crippen LogP contribution in [0.3, 0.4) is 0 Å². The quantitative estimate of drug-likeness (QED) is 0.633. The number of nitrogen functional groups attached to an aromatic ring is 1. The number of aromatic nitrogens is 1. The van der Waals surface area contributed by atoms with Crippen molar-refractivity contribution < 1.29 is 0 Å². The van der Waals surface area contributed by atoms with Crippen LogP contribution in [0.2, 0.25) is 0 Å². The van der Waals surface area contributed by atoms with Crippen molar-refractivity contribution in [1.82, 2.24) is 4.98 Å². The molecule has 1 aromatic heterocycles. The first-order chi connectivity index (χ1) is 8.20. The summed E-state index contributed by atoms with van der Waals surface area (Å²) in [6, 6.07) is 3.83. The SMILES string of the molecule is CCC1CN(c2ccc(C(=N)N)cn2)CCS1. The lowest BCUT2D eigenvalue weighted by molar-refractivity contribution is 0.720. The van der Waals surface area contributed by atoms with E-state index in [2.05, 4.69) is 16.8 Å². The number of pyridine rings is 1. The largest absolute Gasteiger partial charge is 0.384 e. The van der Waals surface area contributed by atoms with Gasteiger partial charge in [-0.05, 0) is 18.6 Å². The Morgan fingerprint density at radius 1 is 1.65 bits per heavy atom. The molecule has 5 heteroatoms. The lowest BCUT2D eigenvalue weighted by atomic mass is 10.2. The van der Waals surface area contributed by atoms with Crippen molar-refractivity contribution in [3.05, 3.63) is 23.9 Å². The van der Waals surface area contributed by atoms with Crippen LogP contribution in [0.4, 0.5) is 5.82 Å². The zero-order chi connectivity index (χ0) is 12.3. The molecule has 2 rings (SSSR count). The summed E-state index contributed by atoms with van der Waals surface area (Å²) in [5.41, 5.74) is 6.10. The Balaban J connectivity index is 2.08. The van der Waals surface area contributed by atoms with E-state index in [1.165, 1.54) is 6.42 Å². The minimum Gasteiger partial charge on any atom is -0.384 e. The monoisotopic (exact) mass is 250 g/mol. The topological polar surface area (TPSA) is 66.0 Å². The molecule has 92 valence electrons. The van der Waals surface area contributed by atoms with E-state index < -0.39 is 0 Å². The van der Waals surface area contributed by atoms with Gasteiger partial charge in [0, 0.05) is 35.9 Å². The van der Waals surface area contributed by atoms with Gasteiger partial charge < -0.3 is 10.6 Å². The molecular formula is C12H18N4S. The highest BCUT2D eigenvalue weighted by atomic mass is 32.2. The molecule has 1 aliphatic heterocycles. The summed E-state index contributed by atoms with van der Waals surface area (Å²) in [6.45, 7) is 4.34. The fourth-order valence-corrected chi connectivity index (χ4v) is 3.09. The zero-order valence-corrected chi connectivity index (χ0v) is 10.8. The average molecular weight is 250 g/mol. The van der Waals surface area contributed by atoms with Crippen LogP contribution in [0, 0.1) is 5.41 Å². The smallest absolute Gasteiger partial charge is 0.128 e. The van der Waals surface area contributed by atoms with Gasteiger partial charge in [0.05, 0.1) is 0 Å². The maximum absolute atomic E-state index is 7.33. The van der Waals surface area contributed by atoms with Crippen molar-refractivity contribution in [2.75, 3.05) is 23.7 Å². The predicted octanol–water partition coefficient (Wildman–Crippen LogP) is 1.70. The Kier molecular flexibility index (Phi) is 3.89. The number of nitrogens with zero attached hydrogens (tertiary/aromatic N) is 2. The van der Waals surface area contributed by atoms with Crippen LogP contribution >= 0.6 is 11.8 Å². The molecule has 0 radical (unpaired) electrons.